The molecule has 1 aromatic carbocycles. The van der Waals surface area contributed by atoms with Crippen LogP contribution in [0.5, 0.6) is 5.75 Å². The summed E-state index contributed by atoms with van der Waals surface area (Å²) in [6.07, 6.45) is 1.68. The summed E-state index contributed by atoms with van der Waals surface area (Å²) < 4.78 is 5.11. The quantitative estimate of drug-likeness (QED) is 0.786. The van der Waals surface area contributed by atoms with E-state index in [-0.39, 0.29) is 5.91 Å². The summed E-state index contributed by atoms with van der Waals surface area (Å²) in [5.41, 5.74) is 3.31. The van der Waals surface area contributed by atoms with Crippen LogP contribution in [0.25, 0.3) is 0 Å². The highest BCUT2D eigenvalue weighted by molar-refractivity contribution is 5.85. The SMILES string of the molecule is COc1ccc(CCNC(=O)[C@@H]2CC(C)=C(C)C[C@H]2C(=O)O)cc1. The summed E-state index contributed by atoms with van der Waals surface area (Å²) in [6, 6.07) is 7.69. The molecule has 0 heterocycles. The van der Waals surface area contributed by atoms with E-state index in [0.717, 1.165) is 22.5 Å². The number of rotatable bonds is 6. The number of hydrogen-bond donors (Lipinski definition) is 2. The topological polar surface area (TPSA) is 75.6 Å². The summed E-state index contributed by atoms with van der Waals surface area (Å²) in [7, 11) is 1.62. The molecule has 24 heavy (non-hydrogen) atoms. The van der Waals surface area contributed by atoms with Crippen LogP contribution in [0.4, 0.5) is 0 Å². The van der Waals surface area contributed by atoms with Crippen molar-refractivity contribution in [3.63, 3.8) is 0 Å². The normalized spacial score (nSPS) is 20.6. The summed E-state index contributed by atoms with van der Waals surface area (Å²) >= 11 is 0. The summed E-state index contributed by atoms with van der Waals surface area (Å²) in [5, 5.41) is 12.3. The smallest absolute Gasteiger partial charge is 0.307 e. The molecule has 2 rings (SSSR count). The molecule has 0 fully saturated rings. The molecule has 0 radical (unpaired) electrons. The first-order valence-electron chi connectivity index (χ1n) is 8.21. The van der Waals surface area contributed by atoms with Gasteiger partial charge in [0.25, 0.3) is 0 Å². The molecule has 0 spiro atoms. The van der Waals surface area contributed by atoms with Gasteiger partial charge in [-0.1, -0.05) is 23.3 Å². The van der Waals surface area contributed by atoms with Crippen molar-refractivity contribution >= 4 is 11.9 Å². The van der Waals surface area contributed by atoms with E-state index < -0.39 is 17.8 Å². The standard InChI is InChI=1S/C19H25NO4/c1-12-10-16(17(19(22)23)11-13(12)2)18(21)20-9-8-14-4-6-15(24-3)7-5-14/h4-7,16-17H,8-11H2,1-3H3,(H,20,21)(H,22,23)/t16-,17-/m1/s1. The van der Waals surface area contributed by atoms with Crippen molar-refractivity contribution in [1.82, 2.24) is 5.32 Å². The van der Waals surface area contributed by atoms with E-state index in [1.807, 2.05) is 38.1 Å². The average molecular weight is 331 g/mol. The molecule has 1 aromatic rings. The Balaban J connectivity index is 1.91. The van der Waals surface area contributed by atoms with Crippen molar-refractivity contribution in [2.45, 2.75) is 33.1 Å². The molecule has 1 aliphatic rings. The van der Waals surface area contributed by atoms with Crippen LogP contribution < -0.4 is 10.1 Å². The number of hydrogen-bond acceptors (Lipinski definition) is 3. The van der Waals surface area contributed by atoms with E-state index in [9.17, 15) is 14.7 Å². The van der Waals surface area contributed by atoms with Crippen LogP contribution in [-0.4, -0.2) is 30.6 Å². The Kier molecular flexibility index (Phi) is 6.01. The third kappa shape index (κ3) is 4.37. The van der Waals surface area contributed by atoms with Crippen molar-refractivity contribution in [3.8, 4) is 5.75 Å². The van der Waals surface area contributed by atoms with Gasteiger partial charge in [-0.25, -0.2) is 0 Å². The maximum Gasteiger partial charge on any atom is 0.307 e. The third-order valence-electron chi connectivity index (χ3n) is 4.79. The fraction of sp³-hybridized carbons (Fsp3) is 0.474. The van der Waals surface area contributed by atoms with Crippen molar-refractivity contribution in [2.75, 3.05) is 13.7 Å². The van der Waals surface area contributed by atoms with E-state index in [1.165, 1.54) is 0 Å². The monoisotopic (exact) mass is 331 g/mol. The van der Waals surface area contributed by atoms with E-state index in [4.69, 9.17) is 4.74 Å². The molecule has 0 unspecified atom stereocenters. The Morgan fingerprint density at radius 1 is 1.12 bits per heavy atom. The highest BCUT2D eigenvalue weighted by Crippen LogP contribution is 2.34. The second-order valence-corrected chi connectivity index (χ2v) is 6.41. The van der Waals surface area contributed by atoms with Gasteiger partial charge in [-0.2, -0.15) is 0 Å². The summed E-state index contributed by atoms with van der Waals surface area (Å²) in [5.74, 6) is -1.37. The van der Waals surface area contributed by atoms with Crippen molar-refractivity contribution in [2.24, 2.45) is 11.8 Å². The Hall–Kier alpha value is -2.30. The molecule has 1 aliphatic carbocycles. The number of benzene rings is 1. The fourth-order valence-corrected chi connectivity index (χ4v) is 3.08. The number of amides is 1. The molecular formula is C19H25NO4. The van der Waals surface area contributed by atoms with Crippen LogP contribution in [0.2, 0.25) is 0 Å². The lowest BCUT2D eigenvalue weighted by molar-refractivity contribution is -0.147. The van der Waals surface area contributed by atoms with Gasteiger partial charge in [0.15, 0.2) is 0 Å². The number of nitrogens with one attached hydrogen (secondary N) is 1. The number of carboxylic acid groups (broad SMARTS) is 1. The van der Waals surface area contributed by atoms with Gasteiger partial charge in [-0.15, -0.1) is 0 Å². The van der Waals surface area contributed by atoms with Crippen LogP contribution >= 0.6 is 0 Å². The number of aliphatic carboxylic acids is 1. The average Bonchev–Trinajstić information content (AvgIpc) is 2.57. The minimum absolute atomic E-state index is 0.164. The minimum Gasteiger partial charge on any atom is -0.497 e. The molecule has 2 N–H and O–H groups in total. The first-order chi connectivity index (χ1) is 11.4. The van der Waals surface area contributed by atoms with Gasteiger partial charge in [0.05, 0.1) is 18.9 Å². The van der Waals surface area contributed by atoms with Crippen LogP contribution in [0, 0.1) is 11.8 Å². The van der Waals surface area contributed by atoms with Gasteiger partial charge in [0.2, 0.25) is 5.91 Å². The summed E-state index contributed by atoms with van der Waals surface area (Å²) in [4.78, 5) is 23.9. The lowest BCUT2D eigenvalue weighted by Gasteiger charge is -2.29. The van der Waals surface area contributed by atoms with Crippen LogP contribution in [0.3, 0.4) is 0 Å². The number of allylic oxidation sites excluding steroid dienone is 2. The molecule has 0 aromatic heterocycles. The molecule has 0 saturated carbocycles. The Bertz CT molecular complexity index is 633. The van der Waals surface area contributed by atoms with E-state index in [0.29, 0.717) is 25.8 Å². The van der Waals surface area contributed by atoms with Crippen LogP contribution in [-0.2, 0) is 16.0 Å². The zero-order valence-corrected chi connectivity index (χ0v) is 14.5. The van der Waals surface area contributed by atoms with Crippen molar-refractivity contribution < 1.29 is 19.4 Å². The van der Waals surface area contributed by atoms with Gasteiger partial charge in [0.1, 0.15) is 5.75 Å². The van der Waals surface area contributed by atoms with Crippen molar-refractivity contribution in [1.29, 1.82) is 0 Å². The zero-order valence-electron chi connectivity index (χ0n) is 14.5. The molecule has 0 saturated heterocycles. The number of methoxy groups -OCH3 is 1. The summed E-state index contributed by atoms with van der Waals surface area (Å²) in [6.45, 7) is 4.42. The van der Waals surface area contributed by atoms with Crippen LogP contribution in [0.1, 0.15) is 32.3 Å². The van der Waals surface area contributed by atoms with Gasteiger partial charge in [-0.05, 0) is 50.8 Å². The van der Waals surface area contributed by atoms with E-state index in [1.54, 1.807) is 7.11 Å². The molecule has 0 aliphatic heterocycles. The number of ether oxygens (including phenoxy) is 1. The number of carbonyl (C=O) groups excluding carboxylic acids is 1. The molecular weight excluding hydrogens is 306 g/mol. The van der Waals surface area contributed by atoms with Gasteiger partial charge < -0.3 is 15.2 Å². The third-order valence-corrected chi connectivity index (χ3v) is 4.79. The molecule has 2 atom stereocenters. The van der Waals surface area contributed by atoms with E-state index >= 15 is 0 Å². The number of carboxylic acids is 1. The maximum atomic E-state index is 12.4. The second-order valence-electron chi connectivity index (χ2n) is 6.41. The molecule has 0 bridgehead atoms. The molecule has 130 valence electrons. The lowest BCUT2D eigenvalue weighted by Crippen LogP contribution is -2.40. The van der Waals surface area contributed by atoms with E-state index in [2.05, 4.69) is 5.32 Å². The molecule has 5 heteroatoms. The van der Waals surface area contributed by atoms with Gasteiger partial charge in [0, 0.05) is 6.54 Å². The van der Waals surface area contributed by atoms with Crippen LogP contribution in [0.15, 0.2) is 35.4 Å². The Morgan fingerprint density at radius 3 is 2.25 bits per heavy atom. The predicted molar refractivity (Wildman–Crippen MR) is 91.9 cm³/mol. The second kappa shape index (κ2) is 7.99. The number of carbonyl (C=O) groups is 2. The maximum absolute atomic E-state index is 12.4. The lowest BCUT2D eigenvalue weighted by atomic mass is 9.76. The first kappa shape index (κ1) is 18.0. The van der Waals surface area contributed by atoms with Gasteiger partial charge in [-0.3, -0.25) is 9.59 Å². The van der Waals surface area contributed by atoms with Gasteiger partial charge >= 0.3 is 5.97 Å². The Morgan fingerprint density at radius 2 is 1.71 bits per heavy atom. The van der Waals surface area contributed by atoms with Crippen molar-refractivity contribution in [3.05, 3.63) is 41.0 Å². The Labute approximate surface area is 142 Å². The highest BCUT2D eigenvalue weighted by Gasteiger charge is 2.36. The zero-order chi connectivity index (χ0) is 17.7. The fourth-order valence-electron chi connectivity index (χ4n) is 3.08. The molecule has 5 nitrogen and oxygen atoms in total. The first-order valence-corrected chi connectivity index (χ1v) is 8.21. The molecule has 1 amide bonds. The highest BCUT2D eigenvalue weighted by atomic mass is 16.5. The predicted octanol–water partition coefficient (Wildman–Crippen LogP) is 2.80. The minimum atomic E-state index is -0.892. The largest absolute Gasteiger partial charge is 0.497 e.